The number of nitrogens with one attached hydrogen (secondary N) is 1. The Morgan fingerprint density at radius 2 is 1.89 bits per heavy atom. The summed E-state index contributed by atoms with van der Waals surface area (Å²) < 4.78 is 22.4. The standard InChI is InChI=1S/C14H23NO2S2/c1-4-15-13(9-10-19(3,16)17)11-18-14-7-5-12(2)6-8-14/h5-8,13,15H,4,9-11H2,1-3H3. The average Bonchev–Trinajstić information content (AvgIpc) is 2.34. The third-order valence-electron chi connectivity index (χ3n) is 2.80. The molecule has 0 amide bonds. The Kier molecular flexibility index (Phi) is 6.89. The minimum absolute atomic E-state index is 0.242. The first-order chi connectivity index (χ1) is 8.90. The number of hydrogen-bond acceptors (Lipinski definition) is 4. The van der Waals surface area contributed by atoms with Crippen LogP contribution in [0.2, 0.25) is 0 Å². The van der Waals surface area contributed by atoms with Crippen LogP contribution in [-0.2, 0) is 9.84 Å². The topological polar surface area (TPSA) is 46.2 Å². The summed E-state index contributed by atoms with van der Waals surface area (Å²) in [6.45, 7) is 4.98. The number of benzene rings is 1. The summed E-state index contributed by atoms with van der Waals surface area (Å²) in [4.78, 5) is 1.23. The van der Waals surface area contributed by atoms with Crippen LogP contribution < -0.4 is 5.32 Å². The number of rotatable bonds is 8. The van der Waals surface area contributed by atoms with E-state index in [1.165, 1.54) is 16.7 Å². The molecule has 108 valence electrons. The van der Waals surface area contributed by atoms with E-state index < -0.39 is 9.84 Å². The van der Waals surface area contributed by atoms with Crippen molar-refractivity contribution in [3.05, 3.63) is 29.8 Å². The summed E-state index contributed by atoms with van der Waals surface area (Å²) in [5.74, 6) is 1.14. The monoisotopic (exact) mass is 301 g/mol. The molecule has 0 spiro atoms. The second kappa shape index (κ2) is 7.92. The van der Waals surface area contributed by atoms with Crippen LogP contribution in [-0.4, -0.2) is 38.8 Å². The van der Waals surface area contributed by atoms with Crippen molar-refractivity contribution in [1.29, 1.82) is 0 Å². The minimum atomic E-state index is -2.88. The first kappa shape index (κ1) is 16.5. The van der Waals surface area contributed by atoms with Crippen LogP contribution in [0.25, 0.3) is 0 Å². The molecule has 1 atom stereocenters. The molecule has 19 heavy (non-hydrogen) atoms. The van der Waals surface area contributed by atoms with Crippen molar-refractivity contribution in [2.45, 2.75) is 31.2 Å². The van der Waals surface area contributed by atoms with Crippen LogP contribution in [0.1, 0.15) is 18.9 Å². The van der Waals surface area contributed by atoms with Crippen molar-refractivity contribution in [2.24, 2.45) is 0 Å². The fraction of sp³-hybridized carbons (Fsp3) is 0.571. The van der Waals surface area contributed by atoms with Gasteiger partial charge in [-0.3, -0.25) is 0 Å². The third-order valence-corrected chi connectivity index (χ3v) is 4.95. The molecule has 0 radical (unpaired) electrons. The maximum absolute atomic E-state index is 11.2. The van der Waals surface area contributed by atoms with Gasteiger partial charge in [-0.25, -0.2) is 8.42 Å². The lowest BCUT2D eigenvalue weighted by molar-refractivity contribution is 0.548. The Balaban J connectivity index is 2.47. The molecule has 0 aliphatic heterocycles. The Labute approximate surface area is 121 Å². The molecule has 1 rings (SSSR count). The zero-order valence-corrected chi connectivity index (χ0v) is 13.5. The van der Waals surface area contributed by atoms with Gasteiger partial charge in [0, 0.05) is 22.9 Å². The van der Waals surface area contributed by atoms with Crippen LogP contribution in [0.3, 0.4) is 0 Å². The average molecular weight is 301 g/mol. The molecular formula is C14H23NO2S2. The van der Waals surface area contributed by atoms with Crippen molar-refractivity contribution >= 4 is 21.6 Å². The highest BCUT2D eigenvalue weighted by Gasteiger charge is 2.11. The summed E-state index contributed by atoms with van der Waals surface area (Å²) in [6.07, 6.45) is 1.97. The normalized spacial score (nSPS) is 13.4. The SMILES string of the molecule is CCNC(CCS(C)(=O)=O)CSc1ccc(C)cc1. The zero-order chi connectivity index (χ0) is 14.3. The lowest BCUT2D eigenvalue weighted by atomic mass is 10.2. The molecule has 0 saturated carbocycles. The fourth-order valence-electron chi connectivity index (χ4n) is 1.72. The van der Waals surface area contributed by atoms with Gasteiger partial charge in [0.25, 0.3) is 0 Å². The smallest absolute Gasteiger partial charge is 0.147 e. The number of hydrogen-bond donors (Lipinski definition) is 1. The first-order valence-electron chi connectivity index (χ1n) is 6.51. The van der Waals surface area contributed by atoms with Gasteiger partial charge < -0.3 is 5.32 Å². The van der Waals surface area contributed by atoms with E-state index in [4.69, 9.17) is 0 Å². The van der Waals surface area contributed by atoms with E-state index in [-0.39, 0.29) is 11.8 Å². The van der Waals surface area contributed by atoms with Crippen LogP contribution in [0.15, 0.2) is 29.2 Å². The first-order valence-corrected chi connectivity index (χ1v) is 9.56. The molecular weight excluding hydrogens is 278 g/mol. The van der Waals surface area contributed by atoms with E-state index in [2.05, 4.69) is 36.5 Å². The van der Waals surface area contributed by atoms with Crippen LogP contribution >= 0.6 is 11.8 Å². The summed E-state index contributed by atoms with van der Waals surface area (Å²) in [5, 5.41) is 3.35. The quantitative estimate of drug-likeness (QED) is 0.749. The fourth-order valence-corrected chi connectivity index (χ4v) is 3.44. The Morgan fingerprint density at radius 3 is 2.42 bits per heavy atom. The highest BCUT2D eigenvalue weighted by Crippen LogP contribution is 2.20. The third kappa shape index (κ3) is 7.60. The molecule has 0 aliphatic rings. The van der Waals surface area contributed by atoms with Crippen molar-refractivity contribution in [2.75, 3.05) is 24.3 Å². The molecule has 0 aromatic heterocycles. The maximum atomic E-state index is 11.2. The van der Waals surface area contributed by atoms with E-state index in [9.17, 15) is 8.42 Å². The maximum Gasteiger partial charge on any atom is 0.147 e. The highest BCUT2D eigenvalue weighted by molar-refractivity contribution is 7.99. The van der Waals surface area contributed by atoms with E-state index >= 15 is 0 Å². The van der Waals surface area contributed by atoms with Gasteiger partial charge in [0.15, 0.2) is 0 Å². The molecule has 1 aromatic carbocycles. The second-order valence-electron chi connectivity index (χ2n) is 4.80. The molecule has 0 heterocycles. The van der Waals surface area contributed by atoms with Crippen molar-refractivity contribution in [3.63, 3.8) is 0 Å². The van der Waals surface area contributed by atoms with E-state index in [1.807, 2.05) is 6.92 Å². The van der Waals surface area contributed by atoms with E-state index in [1.54, 1.807) is 11.8 Å². The second-order valence-corrected chi connectivity index (χ2v) is 8.15. The van der Waals surface area contributed by atoms with Gasteiger partial charge in [0.05, 0.1) is 5.75 Å². The van der Waals surface area contributed by atoms with Crippen molar-refractivity contribution in [3.8, 4) is 0 Å². The number of thioether (sulfide) groups is 1. The largest absolute Gasteiger partial charge is 0.313 e. The predicted octanol–water partition coefficient (Wildman–Crippen LogP) is 2.50. The van der Waals surface area contributed by atoms with Gasteiger partial charge in [0.2, 0.25) is 0 Å². The summed E-state index contributed by atoms with van der Waals surface area (Å²) in [6, 6.07) is 8.66. The van der Waals surface area contributed by atoms with Gasteiger partial charge in [0.1, 0.15) is 9.84 Å². The molecule has 0 saturated heterocycles. The van der Waals surface area contributed by atoms with E-state index in [0.717, 1.165) is 12.3 Å². The zero-order valence-electron chi connectivity index (χ0n) is 11.8. The highest BCUT2D eigenvalue weighted by atomic mass is 32.2. The molecule has 1 aromatic rings. The molecule has 0 bridgehead atoms. The van der Waals surface area contributed by atoms with E-state index in [0.29, 0.717) is 6.42 Å². The van der Waals surface area contributed by atoms with Crippen LogP contribution in [0.5, 0.6) is 0 Å². The Hall–Kier alpha value is -0.520. The van der Waals surface area contributed by atoms with Crippen molar-refractivity contribution in [1.82, 2.24) is 5.32 Å². The van der Waals surface area contributed by atoms with Crippen LogP contribution in [0, 0.1) is 6.92 Å². The Morgan fingerprint density at radius 1 is 1.26 bits per heavy atom. The van der Waals surface area contributed by atoms with Gasteiger partial charge in [-0.05, 0) is 32.0 Å². The molecule has 1 N–H and O–H groups in total. The minimum Gasteiger partial charge on any atom is -0.313 e. The van der Waals surface area contributed by atoms with Gasteiger partial charge in [-0.2, -0.15) is 0 Å². The molecule has 0 fully saturated rings. The van der Waals surface area contributed by atoms with Gasteiger partial charge >= 0.3 is 0 Å². The van der Waals surface area contributed by atoms with Gasteiger partial charge in [-0.15, -0.1) is 11.8 Å². The predicted molar refractivity (Wildman–Crippen MR) is 83.7 cm³/mol. The molecule has 5 heteroatoms. The summed E-state index contributed by atoms with van der Waals surface area (Å²) in [7, 11) is -2.88. The molecule has 1 unspecified atom stereocenters. The summed E-state index contributed by atoms with van der Waals surface area (Å²) >= 11 is 1.77. The number of aryl methyl sites for hydroxylation is 1. The van der Waals surface area contributed by atoms with Crippen molar-refractivity contribution < 1.29 is 8.42 Å². The lowest BCUT2D eigenvalue weighted by Gasteiger charge is -2.17. The van der Waals surface area contributed by atoms with Crippen LogP contribution in [0.4, 0.5) is 0 Å². The van der Waals surface area contributed by atoms with Gasteiger partial charge in [-0.1, -0.05) is 24.6 Å². The number of sulfone groups is 1. The lowest BCUT2D eigenvalue weighted by Crippen LogP contribution is -2.33. The molecule has 0 aliphatic carbocycles. The Bertz CT molecular complexity index is 469. The molecule has 3 nitrogen and oxygen atoms in total. The summed E-state index contributed by atoms with van der Waals surface area (Å²) in [5.41, 5.74) is 1.25.